The first-order valence-corrected chi connectivity index (χ1v) is 10.5. The quantitative estimate of drug-likeness (QED) is 0.349. The standard InChI is InChI=1S/C20H21Br2NO2/c21-11-3-1-2-4-12-24-18-9-10-19-16(13-18)14-25-23-20(19)15-5-7-17(22)8-6-15/h5-10,13H,1-4,11-12,14H2. The predicted molar refractivity (Wildman–Crippen MR) is 109 cm³/mol. The van der Waals surface area contributed by atoms with E-state index in [-0.39, 0.29) is 0 Å². The van der Waals surface area contributed by atoms with Gasteiger partial charge in [-0.05, 0) is 43.2 Å². The smallest absolute Gasteiger partial charge is 0.143 e. The van der Waals surface area contributed by atoms with E-state index in [1.807, 2.05) is 30.3 Å². The van der Waals surface area contributed by atoms with Crippen LogP contribution in [0.3, 0.4) is 0 Å². The maximum Gasteiger partial charge on any atom is 0.143 e. The fourth-order valence-electron chi connectivity index (χ4n) is 2.78. The van der Waals surface area contributed by atoms with Gasteiger partial charge in [0.25, 0.3) is 0 Å². The highest BCUT2D eigenvalue weighted by molar-refractivity contribution is 9.10. The molecule has 0 unspecified atom stereocenters. The molecule has 0 saturated carbocycles. The van der Waals surface area contributed by atoms with Gasteiger partial charge in [0, 0.05) is 26.5 Å². The molecule has 25 heavy (non-hydrogen) atoms. The van der Waals surface area contributed by atoms with E-state index in [1.165, 1.54) is 19.3 Å². The molecule has 0 radical (unpaired) electrons. The average molecular weight is 467 g/mol. The van der Waals surface area contributed by atoms with Crippen LogP contribution in [0.4, 0.5) is 0 Å². The van der Waals surface area contributed by atoms with E-state index >= 15 is 0 Å². The van der Waals surface area contributed by atoms with Crippen molar-refractivity contribution >= 4 is 37.6 Å². The van der Waals surface area contributed by atoms with E-state index in [0.29, 0.717) is 6.61 Å². The normalized spacial score (nSPS) is 13.0. The number of ether oxygens (including phenoxy) is 1. The van der Waals surface area contributed by atoms with Crippen LogP contribution < -0.4 is 4.74 Å². The van der Waals surface area contributed by atoms with Gasteiger partial charge in [0.2, 0.25) is 0 Å². The van der Waals surface area contributed by atoms with E-state index in [4.69, 9.17) is 9.57 Å². The van der Waals surface area contributed by atoms with Crippen LogP contribution in [0, 0.1) is 0 Å². The molecule has 0 amide bonds. The summed E-state index contributed by atoms with van der Waals surface area (Å²) >= 11 is 6.92. The van der Waals surface area contributed by atoms with Crippen LogP contribution in [0.1, 0.15) is 42.4 Å². The molecule has 0 saturated heterocycles. The molecule has 2 aromatic carbocycles. The summed E-state index contributed by atoms with van der Waals surface area (Å²) in [7, 11) is 0. The van der Waals surface area contributed by atoms with Crippen LogP contribution in [0.2, 0.25) is 0 Å². The Morgan fingerprint density at radius 3 is 2.60 bits per heavy atom. The number of hydrogen-bond acceptors (Lipinski definition) is 3. The third-order valence-corrected chi connectivity index (χ3v) is 5.21. The lowest BCUT2D eigenvalue weighted by Gasteiger charge is -2.18. The molecule has 3 rings (SSSR count). The Labute approximate surface area is 165 Å². The van der Waals surface area contributed by atoms with Crippen LogP contribution in [-0.2, 0) is 11.4 Å². The van der Waals surface area contributed by atoms with Crippen molar-refractivity contribution in [2.75, 3.05) is 11.9 Å². The lowest BCUT2D eigenvalue weighted by Crippen LogP contribution is -2.13. The molecule has 5 heteroatoms. The van der Waals surface area contributed by atoms with Gasteiger partial charge in [-0.25, -0.2) is 0 Å². The van der Waals surface area contributed by atoms with E-state index in [9.17, 15) is 0 Å². The van der Waals surface area contributed by atoms with Gasteiger partial charge in [-0.15, -0.1) is 0 Å². The van der Waals surface area contributed by atoms with E-state index < -0.39 is 0 Å². The molecule has 132 valence electrons. The summed E-state index contributed by atoms with van der Waals surface area (Å²) in [6, 6.07) is 14.3. The van der Waals surface area contributed by atoms with E-state index in [2.05, 4.69) is 49.1 Å². The topological polar surface area (TPSA) is 30.8 Å². The molecule has 0 atom stereocenters. The zero-order chi connectivity index (χ0) is 17.5. The van der Waals surface area contributed by atoms with Crippen LogP contribution in [-0.4, -0.2) is 17.6 Å². The molecule has 0 N–H and O–H groups in total. The summed E-state index contributed by atoms with van der Waals surface area (Å²) in [5.41, 5.74) is 4.14. The maximum absolute atomic E-state index is 5.90. The molecular weight excluding hydrogens is 446 g/mol. The molecule has 3 nitrogen and oxygen atoms in total. The van der Waals surface area contributed by atoms with Gasteiger partial charge < -0.3 is 9.57 Å². The van der Waals surface area contributed by atoms with Gasteiger partial charge in [0.15, 0.2) is 0 Å². The third-order valence-electron chi connectivity index (χ3n) is 4.12. The molecule has 1 heterocycles. The molecule has 0 fully saturated rings. The lowest BCUT2D eigenvalue weighted by atomic mass is 9.97. The van der Waals surface area contributed by atoms with Crippen LogP contribution in [0.5, 0.6) is 5.75 Å². The van der Waals surface area contributed by atoms with Crippen molar-refractivity contribution in [1.29, 1.82) is 0 Å². The number of nitrogens with zero attached hydrogens (tertiary/aromatic N) is 1. The SMILES string of the molecule is BrCCCCCCOc1ccc2c(c1)CON=C2c1ccc(Br)cc1. The highest BCUT2D eigenvalue weighted by atomic mass is 79.9. The van der Waals surface area contributed by atoms with Crippen LogP contribution in [0.15, 0.2) is 52.1 Å². The second kappa shape index (κ2) is 9.39. The number of halogens is 2. The minimum absolute atomic E-state index is 0.484. The first-order valence-electron chi connectivity index (χ1n) is 8.56. The van der Waals surface area contributed by atoms with Gasteiger partial charge in [0.05, 0.1) is 6.61 Å². The molecule has 0 aliphatic carbocycles. The summed E-state index contributed by atoms with van der Waals surface area (Å²) in [5, 5.41) is 5.35. The van der Waals surface area contributed by atoms with Gasteiger partial charge in [-0.3, -0.25) is 0 Å². The van der Waals surface area contributed by atoms with Gasteiger partial charge in [0.1, 0.15) is 18.1 Å². The lowest BCUT2D eigenvalue weighted by molar-refractivity contribution is 0.126. The zero-order valence-corrected chi connectivity index (χ0v) is 17.2. The fourth-order valence-corrected chi connectivity index (χ4v) is 3.44. The first-order chi connectivity index (χ1) is 12.3. The number of fused-ring (bicyclic) bond motifs is 1. The van der Waals surface area contributed by atoms with Crippen molar-refractivity contribution in [3.05, 3.63) is 63.6 Å². The molecular formula is C20H21Br2NO2. The highest BCUT2D eigenvalue weighted by Crippen LogP contribution is 2.26. The largest absolute Gasteiger partial charge is 0.494 e. The molecule has 0 aromatic heterocycles. The number of unbranched alkanes of at least 4 members (excludes halogenated alkanes) is 3. The highest BCUT2D eigenvalue weighted by Gasteiger charge is 2.18. The Bertz CT molecular complexity index is 729. The fraction of sp³-hybridized carbons (Fsp3) is 0.350. The summed E-state index contributed by atoms with van der Waals surface area (Å²) in [6.07, 6.45) is 4.78. The second-order valence-corrected chi connectivity index (χ2v) is 7.70. The van der Waals surface area contributed by atoms with Crippen molar-refractivity contribution in [2.24, 2.45) is 5.16 Å². The third kappa shape index (κ3) is 5.08. The van der Waals surface area contributed by atoms with Crippen molar-refractivity contribution in [1.82, 2.24) is 0 Å². The van der Waals surface area contributed by atoms with Gasteiger partial charge in [-0.1, -0.05) is 62.0 Å². The Hall–Kier alpha value is -1.33. The Kier molecular flexibility index (Phi) is 6.93. The second-order valence-electron chi connectivity index (χ2n) is 5.99. The summed E-state index contributed by atoms with van der Waals surface area (Å²) in [5.74, 6) is 0.903. The molecule has 0 bridgehead atoms. The van der Waals surface area contributed by atoms with Crippen molar-refractivity contribution in [2.45, 2.75) is 32.3 Å². The Balaban J connectivity index is 1.65. The predicted octanol–water partition coefficient (Wildman–Crippen LogP) is 6.07. The zero-order valence-electron chi connectivity index (χ0n) is 14.0. The summed E-state index contributed by atoms with van der Waals surface area (Å²) in [6.45, 7) is 1.24. The average Bonchev–Trinajstić information content (AvgIpc) is 2.64. The van der Waals surface area contributed by atoms with Gasteiger partial charge in [-0.2, -0.15) is 0 Å². The van der Waals surface area contributed by atoms with Crippen molar-refractivity contribution < 1.29 is 9.57 Å². The summed E-state index contributed by atoms with van der Waals surface area (Å²) in [4.78, 5) is 5.43. The minimum Gasteiger partial charge on any atom is -0.494 e. The molecule has 1 aliphatic rings. The van der Waals surface area contributed by atoms with Crippen molar-refractivity contribution in [3.63, 3.8) is 0 Å². The molecule has 1 aliphatic heterocycles. The Morgan fingerprint density at radius 1 is 1.00 bits per heavy atom. The number of oxime groups is 1. The first kappa shape index (κ1) is 18.5. The summed E-state index contributed by atoms with van der Waals surface area (Å²) < 4.78 is 6.95. The number of alkyl halides is 1. The van der Waals surface area contributed by atoms with E-state index in [1.54, 1.807) is 0 Å². The Morgan fingerprint density at radius 2 is 1.80 bits per heavy atom. The van der Waals surface area contributed by atoms with E-state index in [0.717, 1.165) is 51.0 Å². The van der Waals surface area contributed by atoms with Crippen LogP contribution >= 0.6 is 31.9 Å². The van der Waals surface area contributed by atoms with Crippen molar-refractivity contribution in [3.8, 4) is 5.75 Å². The molecule has 2 aromatic rings. The number of rotatable bonds is 8. The van der Waals surface area contributed by atoms with Gasteiger partial charge >= 0.3 is 0 Å². The minimum atomic E-state index is 0.484. The van der Waals surface area contributed by atoms with Crippen LogP contribution in [0.25, 0.3) is 0 Å². The maximum atomic E-state index is 5.90. The number of benzene rings is 2. The number of hydrogen-bond donors (Lipinski definition) is 0. The monoisotopic (exact) mass is 465 g/mol. The molecule has 0 spiro atoms.